The minimum Gasteiger partial charge on any atom is -0.394 e. The van der Waals surface area contributed by atoms with Gasteiger partial charge in [0.05, 0.1) is 24.8 Å². The first kappa shape index (κ1) is 15.9. The third-order valence-electron chi connectivity index (χ3n) is 4.23. The highest BCUT2D eigenvalue weighted by Crippen LogP contribution is 2.15. The molecule has 3 atom stereocenters. The van der Waals surface area contributed by atoms with Crippen LogP contribution < -0.4 is 5.32 Å². The second kappa shape index (κ2) is 6.66. The maximum absolute atomic E-state index is 12.3. The van der Waals surface area contributed by atoms with Gasteiger partial charge in [-0.05, 0) is 25.0 Å². The number of fused-ring (bicyclic) bond motifs is 1. The summed E-state index contributed by atoms with van der Waals surface area (Å²) < 4.78 is 7.16. The van der Waals surface area contributed by atoms with E-state index in [-0.39, 0.29) is 18.9 Å². The average Bonchev–Trinajstić information content (AvgIpc) is 2.94. The number of aryl methyl sites for hydroxylation is 1. The normalized spacial score (nSPS) is 24.7. The molecule has 0 radical (unpaired) electrons. The molecule has 0 unspecified atom stereocenters. The Morgan fingerprint density at radius 1 is 1.57 bits per heavy atom. The van der Waals surface area contributed by atoms with Crippen molar-refractivity contribution in [2.45, 2.75) is 38.0 Å². The minimum absolute atomic E-state index is 0.179. The first-order chi connectivity index (χ1) is 11.1. The van der Waals surface area contributed by atoms with Crippen LogP contribution >= 0.6 is 0 Å². The van der Waals surface area contributed by atoms with Crippen molar-refractivity contribution in [2.75, 3.05) is 13.2 Å². The highest BCUT2D eigenvalue weighted by Gasteiger charge is 2.33. The molecule has 1 aliphatic rings. The van der Waals surface area contributed by atoms with Crippen molar-refractivity contribution in [1.82, 2.24) is 14.7 Å². The van der Waals surface area contributed by atoms with Crippen LogP contribution in [0.15, 0.2) is 24.5 Å². The Kier molecular flexibility index (Phi) is 4.61. The molecule has 1 aliphatic heterocycles. The van der Waals surface area contributed by atoms with Gasteiger partial charge in [0.2, 0.25) is 5.91 Å². The van der Waals surface area contributed by atoms with Crippen molar-refractivity contribution in [1.29, 1.82) is 0 Å². The van der Waals surface area contributed by atoms with Gasteiger partial charge < -0.3 is 24.7 Å². The van der Waals surface area contributed by atoms with Gasteiger partial charge in [0.25, 0.3) is 0 Å². The second-order valence-electron chi connectivity index (χ2n) is 5.86. The monoisotopic (exact) mass is 319 g/mol. The SMILES string of the molecule is Cc1cccn2c(CC(=O)N[C@H]3CCO[C@H](CO)[C@H]3O)cnc12. The number of aliphatic hydroxyl groups is 2. The van der Waals surface area contributed by atoms with Crippen molar-refractivity contribution in [3.8, 4) is 0 Å². The number of aromatic nitrogens is 2. The van der Waals surface area contributed by atoms with E-state index in [1.54, 1.807) is 6.20 Å². The number of aliphatic hydroxyl groups excluding tert-OH is 2. The molecule has 3 heterocycles. The number of carbonyl (C=O) groups is 1. The second-order valence-corrected chi connectivity index (χ2v) is 5.86. The van der Waals surface area contributed by atoms with Gasteiger partial charge in [-0.25, -0.2) is 4.98 Å². The van der Waals surface area contributed by atoms with E-state index >= 15 is 0 Å². The summed E-state index contributed by atoms with van der Waals surface area (Å²) in [6, 6.07) is 3.48. The summed E-state index contributed by atoms with van der Waals surface area (Å²) in [5, 5.41) is 22.1. The number of carbonyl (C=O) groups excluding carboxylic acids is 1. The largest absolute Gasteiger partial charge is 0.394 e. The number of pyridine rings is 1. The Bertz CT molecular complexity index is 700. The summed E-state index contributed by atoms with van der Waals surface area (Å²) in [6.07, 6.45) is 2.73. The number of ether oxygens (including phenoxy) is 1. The van der Waals surface area contributed by atoms with Crippen LogP contribution in [0.2, 0.25) is 0 Å². The smallest absolute Gasteiger partial charge is 0.226 e. The van der Waals surface area contributed by atoms with Gasteiger partial charge in [0, 0.05) is 19.0 Å². The number of amides is 1. The lowest BCUT2D eigenvalue weighted by Crippen LogP contribution is -2.54. The van der Waals surface area contributed by atoms with Crippen molar-refractivity contribution >= 4 is 11.6 Å². The van der Waals surface area contributed by atoms with Crippen LogP contribution in [-0.4, -0.2) is 57.0 Å². The molecule has 7 nitrogen and oxygen atoms in total. The van der Waals surface area contributed by atoms with Crippen LogP contribution in [0.25, 0.3) is 5.65 Å². The summed E-state index contributed by atoms with van der Waals surface area (Å²) >= 11 is 0. The van der Waals surface area contributed by atoms with Gasteiger partial charge in [-0.1, -0.05) is 6.07 Å². The number of nitrogens with zero attached hydrogens (tertiary/aromatic N) is 2. The van der Waals surface area contributed by atoms with E-state index in [9.17, 15) is 9.90 Å². The molecule has 0 aliphatic carbocycles. The van der Waals surface area contributed by atoms with Crippen molar-refractivity contribution < 1.29 is 19.7 Å². The van der Waals surface area contributed by atoms with E-state index < -0.39 is 18.2 Å². The number of nitrogens with one attached hydrogen (secondary N) is 1. The van der Waals surface area contributed by atoms with Crippen LogP contribution in [0.1, 0.15) is 17.7 Å². The van der Waals surface area contributed by atoms with E-state index in [1.807, 2.05) is 29.7 Å². The third kappa shape index (κ3) is 3.21. The van der Waals surface area contributed by atoms with Crippen LogP contribution in [0.5, 0.6) is 0 Å². The van der Waals surface area contributed by atoms with Gasteiger partial charge in [0.15, 0.2) is 0 Å². The Morgan fingerprint density at radius 2 is 2.39 bits per heavy atom. The van der Waals surface area contributed by atoms with E-state index in [0.29, 0.717) is 13.0 Å². The van der Waals surface area contributed by atoms with E-state index in [4.69, 9.17) is 9.84 Å². The van der Waals surface area contributed by atoms with Crippen LogP contribution in [-0.2, 0) is 16.0 Å². The van der Waals surface area contributed by atoms with Crippen LogP contribution in [0.3, 0.4) is 0 Å². The lowest BCUT2D eigenvalue weighted by Gasteiger charge is -2.34. The predicted molar refractivity (Wildman–Crippen MR) is 83.0 cm³/mol. The van der Waals surface area contributed by atoms with Gasteiger partial charge >= 0.3 is 0 Å². The molecule has 3 N–H and O–H groups in total. The molecule has 0 spiro atoms. The molecule has 2 aromatic heterocycles. The average molecular weight is 319 g/mol. The maximum Gasteiger partial charge on any atom is 0.226 e. The molecular weight excluding hydrogens is 298 g/mol. The summed E-state index contributed by atoms with van der Waals surface area (Å²) in [7, 11) is 0. The molecule has 1 saturated heterocycles. The molecule has 23 heavy (non-hydrogen) atoms. The fraction of sp³-hybridized carbons (Fsp3) is 0.500. The molecule has 0 saturated carbocycles. The Labute approximate surface area is 133 Å². The summed E-state index contributed by atoms with van der Waals surface area (Å²) in [5.74, 6) is -0.184. The number of hydrogen-bond acceptors (Lipinski definition) is 5. The van der Waals surface area contributed by atoms with Crippen molar-refractivity contribution in [3.63, 3.8) is 0 Å². The third-order valence-corrected chi connectivity index (χ3v) is 4.23. The highest BCUT2D eigenvalue weighted by molar-refractivity contribution is 5.78. The summed E-state index contributed by atoms with van der Waals surface area (Å²) in [4.78, 5) is 16.6. The standard InChI is InChI=1S/C16H21N3O4/c1-10-3-2-5-19-11(8-17-16(10)19)7-14(21)18-12-4-6-23-13(9-20)15(12)22/h2-3,5,8,12-13,15,20,22H,4,6-7,9H2,1H3,(H,18,21)/t12-,13+,15-/m0/s1. The zero-order chi connectivity index (χ0) is 16.4. The fourth-order valence-electron chi connectivity index (χ4n) is 2.95. The Hall–Kier alpha value is -1.96. The van der Waals surface area contributed by atoms with Gasteiger partial charge in [-0.2, -0.15) is 0 Å². The van der Waals surface area contributed by atoms with E-state index in [0.717, 1.165) is 16.9 Å². The lowest BCUT2D eigenvalue weighted by molar-refractivity contribution is -0.131. The lowest BCUT2D eigenvalue weighted by atomic mass is 10.00. The minimum atomic E-state index is -0.901. The topological polar surface area (TPSA) is 96.1 Å². The first-order valence-electron chi connectivity index (χ1n) is 7.71. The molecule has 2 aromatic rings. The number of imidazole rings is 1. The molecule has 1 amide bonds. The predicted octanol–water partition coefficient (Wildman–Crippen LogP) is -0.188. The van der Waals surface area contributed by atoms with Gasteiger partial charge in [-0.15, -0.1) is 0 Å². The Morgan fingerprint density at radius 3 is 3.17 bits per heavy atom. The first-order valence-corrected chi connectivity index (χ1v) is 7.71. The maximum atomic E-state index is 12.3. The molecular formula is C16H21N3O4. The molecule has 3 rings (SSSR count). The molecule has 1 fully saturated rings. The van der Waals surface area contributed by atoms with Crippen LogP contribution in [0, 0.1) is 6.92 Å². The van der Waals surface area contributed by atoms with Gasteiger partial charge in [-0.3, -0.25) is 4.79 Å². The zero-order valence-corrected chi connectivity index (χ0v) is 13.0. The molecule has 0 aromatic carbocycles. The van der Waals surface area contributed by atoms with Crippen molar-refractivity contribution in [2.24, 2.45) is 0 Å². The molecule has 124 valence electrons. The Balaban J connectivity index is 1.68. The van der Waals surface area contributed by atoms with E-state index in [2.05, 4.69) is 10.3 Å². The molecule has 0 bridgehead atoms. The number of rotatable bonds is 4. The van der Waals surface area contributed by atoms with E-state index in [1.165, 1.54) is 0 Å². The highest BCUT2D eigenvalue weighted by atomic mass is 16.5. The van der Waals surface area contributed by atoms with Crippen molar-refractivity contribution in [3.05, 3.63) is 35.8 Å². The fourth-order valence-corrected chi connectivity index (χ4v) is 2.95. The van der Waals surface area contributed by atoms with Crippen LogP contribution in [0.4, 0.5) is 0 Å². The van der Waals surface area contributed by atoms with Gasteiger partial charge in [0.1, 0.15) is 17.9 Å². The quantitative estimate of drug-likeness (QED) is 0.726. The molecule has 7 heteroatoms. The summed E-state index contributed by atoms with van der Waals surface area (Å²) in [6.45, 7) is 2.11. The zero-order valence-electron chi connectivity index (χ0n) is 13.0. The summed E-state index contributed by atoms with van der Waals surface area (Å²) in [5.41, 5.74) is 2.67. The number of hydrogen-bond donors (Lipinski definition) is 3.